The summed E-state index contributed by atoms with van der Waals surface area (Å²) in [6.07, 6.45) is 4.00. The minimum atomic E-state index is -2.50. The molecule has 0 aliphatic carbocycles. The Bertz CT molecular complexity index is 1320. The topological polar surface area (TPSA) is 88.2 Å². The zero-order valence-electron chi connectivity index (χ0n) is 22.5. The normalized spacial score (nSPS) is 14.6. The number of ether oxygens (including phenoxy) is 1. The number of rotatable bonds is 8. The molecule has 2 aromatic carbocycles. The summed E-state index contributed by atoms with van der Waals surface area (Å²) in [7, 11) is -2.50. The molecule has 1 saturated heterocycles. The number of halogens is 1. The molecule has 198 valence electrons. The number of anilines is 4. The fourth-order valence-electron chi connectivity index (χ4n) is 4.68. The summed E-state index contributed by atoms with van der Waals surface area (Å²) in [6, 6.07) is 10.2. The largest absolute Gasteiger partial charge is 0.489 e. The number of piperidine rings is 1. The highest BCUT2D eigenvalue weighted by molar-refractivity contribution is 9.10. The van der Waals surface area contributed by atoms with Crippen LogP contribution in [-0.2, 0) is 4.57 Å². The molecule has 3 N–H and O–H groups in total. The second kappa shape index (κ2) is 11.5. The van der Waals surface area contributed by atoms with Crippen molar-refractivity contribution >= 4 is 51.5 Å². The Morgan fingerprint density at radius 1 is 1.08 bits per heavy atom. The molecule has 3 aromatic rings. The van der Waals surface area contributed by atoms with Gasteiger partial charge in [-0.2, -0.15) is 4.98 Å². The van der Waals surface area contributed by atoms with Crippen molar-refractivity contribution in [3.63, 3.8) is 0 Å². The van der Waals surface area contributed by atoms with Crippen molar-refractivity contribution in [1.82, 2.24) is 15.3 Å². The second-order valence-electron chi connectivity index (χ2n) is 10.4. The van der Waals surface area contributed by atoms with Crippen molar-refractivity contribution < 1.29 is 9.30 Å². The van der Waals surface area contributed by atoms with Crippen LogP contribution in [-0.4, -0.2) is 42.5 Å². The highest BCUT2D eigenvalue weighted by Gasteiger charge is 2.21. The third-order valence-electron chi connectivity index (χ3n) is 6.49. The predicted octanol–water partition coefficient (Wildman–Crippen LogP) is 6.85. The van der Waals surface area contributed by atoms with E-state index in [9.17, 15) is 4.57 Å². The van der Waals surface area contributed by atoms with Crippen molar-refractivity contribution in [2.45, 2.75) is 52.6 Å². The number of hydrogen-bond acceptors (Lipinski definition) is 7. The van der Waals surface area contributed by atoms with Crippen LogP contribution < -0.4 is 26.0 Å². The maximum Gasteiger partial charge on any atom is 0.229 e. The summed E-state index contributed by atoms with van der Waals surface area (Å²) in [5.41, 5.74) is 5.24. The van der Waals surface area contributed by atoms with Gasteiger partial charge in [0.25, 0.3) is 0 Å². The molecule has 4 rings (SSSR count). The molecule has 0 saturated carbocycles. The minimum absolute atomic E-state index is 0.0333. The van der Waals surface area contributed by atoms with Gasteiger partial charge in [-0.3, -0.25) is 0 Å². The number of aromatic nitrogens is 2. The Labute approximate surface area is 228 Å². The van der Waals surface area contributed by atoms with E-state index in [1.165, 1.54) is 11.1 Å². The van der Waals surface area contributed by atoms with Crippen LogP contribution in [0, 0.1) is 13.8 Å². The fraction of sp³-hybridized carbons (Fsp3) is 0.429. The second-order valence-corrected chi connectivity index (χ2v) is 14.4. The summed E-state index contributed by atoms with van der Waals surface area (Å²) in [5.74, 6) is 2.36. The first kappa shape index (κ1) is 27.6. The van der Waals surface area contributed by atoms with Crippen molar-refractivity contribution in [2.75, 3.05) is 37.1 Å². The monoisotopic (exact) mass is 585 g/mol. The van der Waals surface area contributed by atoms with E-state index >= 15 is 0 Å². The first-order valence-corrected chi connectivity index (χ1v) is 16.2. The van der Waals surface area contributed by atoms with E-state index in [-0.39, 0.29) is 6.10 Å². The summed E-state index contributed by atoms with van der Waals surface area (Å²) in [6.45, 7) is 13.9. The van der Waals surface area contributed by atoms with Crippen LogP contribution in [0.5, 0.6) is 5.75 Å². The summed E-state index contributed by atoms with van der Waals surface area (Å²) >= 11 is 3.56. The van der Waals surface area contributed by atoms with Crippen molar-refractivity contribution in [3.05, 3.63) is 57.7 Å². The van der Waals surface area contributed by atoms with E-state index in [1.807, 2.05) is 39.0 Å². The van der Waals surface area contributed by atoms with Gasteiger partial charge in [-0.15, -0.1) is 0 Å². The smallest absolute Gasteiger partial charge is 0.229 e. The molecule has 2 heterocycles. The number of nitrogens with one attached hydrogen (secondary N) is 3. The lowest BCUT2D eigenvalue weighted by Gasteiger charge is -2.26. The van der Waals surface area contributed by atoms with Crippen molar-refractivity contribution in [3.8, 4) is 5.75 Å². The van der Waals surface area contributed by atoms with Crippen molar-refractivity contribution in [2.24, 2.45) is 0 Å². The Morgan fingerprint density at radius 3 is 2.49 bits per heavy atom. The zero-order chi connectivity index (χ0) is 26.7. The third kappa shape index (κ3) is 6.92. The van der Waals surface area contributed by atoms with Crippen LogP contribution in [0.1, 0.15) is 49.3 Å². The van der Waals surface area contributed by atoms with Gasteiger partial charge in [0.05, 0.1) is 22.0 Å². The van der Waals surface area contributed by atoms with E-state index < -0.39 is 7.14 Å². The molecule has 0 spiro atoms. The van der Waals surface area contributed by atoms with Crippen LogP contribution in [0.2, 0.25) is 0 Å². The molecule has 1 aromatic heterocycles. The molecule has 9 heteroatoms. The quantitative estimate of drug-likeness (QED) is 0.249. The van der Waals surface area contributed by atoms with Gasteiger partial charge >= 0.3 is 0 Å². The summed E-state index contributed by atoms with van der Waals surface area (Å²) in [4.78, 5) is 9.23. The van der Waals surface area contributed by atoms with Gasteiger partial charge < -0.3 is 25.3 Å². The Balaban J connectivity index is 1.66. The lowest BCUT2D eigenvalue weighted by atomic mass is 9.87. The molecular weight excluding hydrogens is 549 g/mol. The number of aryl methyl sites for hydroxylation is 2. The van der Waals surface area contributed by atoms with E-state index in [1.54, 1.807) is 19.5 Å². The average Bonchev–Trinajstić information content (AvgIpc) is 2.83. The van der Waals surface area contributed by atoms with Gasteiger partial charge in [-0.25, -0.2) is 4.98 Å². The van der Waals surface area contributed by atoms with E-state index in [0.29, 0.717) is 22.2 Å². The molecule has 0 radical (unpaired) electrons. The predicted molar refractivity (Wildman–Crippen MR) is 158 cm³/mol. The summed E-state index contributed by atoms with van der Waals surface area (Å²) < 4.78 is 19.9. The van der Waals surface area contributed by atoms with E-state index in [0.717, 1.165) is 53.9 Å². The standard InChI is InChI=1S/C28H37BrN5O2P/c1-17(2)36-25-15-21(20-9-11-30-12-10-20)19(4)14-24(25)33-28-31-16-22(29)27(34-28)32-23-8-7-18(3)13-26(23)37(5,6)35/h7-8,13-17,20,30H,9-12H2,1-6H3,(H2,31,32,33,34). The van der Waals surface area contributed by atoms with Gasteiger partial charge in [0, 0.05) is 11.5 Å². The molecule has 1 aliphatic rings. The van der Waals surface area contributed by atoms with Gasteiger partial charge in [-0.05, 0) is 124 Å². The van der Waals surface area contributed by atoms with Gasteiger partial charge in [-0.1, -0.05) is 11.6 Å². The SMILES string of the molecule is Cc1ccc(Nc2nc(Nc3cc(C)c(C4CCNCC4)cc3OC(C)C)ncc2Br)c(P(C)(C)=O)c1. The molecule has 7 nitrogen and oxygen atoms in total. The molecule has 1 aliphatic heterocycles. The lowest BCUT2D eigenvalue weighted by molar-refractivity contribution is 0.243. The van der Waals surface area contributed by atoms with Crippen LogP contribution in [0.4, 0.5) is 23.1 Å². The number of hydrogen-bond donors (Lipinski definition) is 3. The highest BCUT2D eigenvalue weighted by atomic mass is 79.9. The number of benzene rings is 2. The van der Waals surface area contributed by atoms with Crippen molar-refractivity contribution in [1.29, 1.82) is 0 Å². The van der Waals surface area contributed by atoms with Crippen LogP contribution >= 0.6 is 23.1 Å². The number of nitrogens with zero attached hydrogens (tertiary/aromatic N) is 2. The molecule has 0 atom stereocenters. The van der Waals surface area contributed by atoms with Crippen LogP contribution in [0.15, 0.2) is 41.0 Å². The lowest BCUT2D eigenvalue weighted by Crippen LogP contribution is -2.27. The summed E-state index contributed by atoms with van der Waals surface area (Å²) in [5, 5.41) is 11.0. The zero-order valence-corrected chi connectivity index (χ0v) is 25.0. The van der Waals surface area contributed by atoms with E-state index in [2.05, 4.69) is 55.9 Å². The molecular formula is C28H37BrN5O2P. The van der Waals surface area contributed by atoms with Crippen LogP contribution in [0.3, 0.4) is 0 Å². The Morgan fingerprint density at radius 2 is 1.81 bits per heavy atom. The highest BCUT2D eigenvalue weighted by Crippen LogP contribution is 2.40. The third-order valence-corrected chi connectivity index (χ3v) is 8.60. The van der Waals surface area contributed by atoms with Gasteiger partial charge in [0.15, 0.2) is 0 Å². The van der Waals surface area contributed by atoms with Gasteiger partial charge in [0.1, 0.15) is 18.7 Å². The average molecular weight is 587 g/mol. The Hall–Kier alpha value is -2.41. The van der Waals surface area contributed by atoms with E-state index in [4.69, 9.17) is 9.72 Å². The van der Waals surface area contributed by atoms with Gasteiger partial charge in [0.2, 0.25) is 5.95 Å². The molecule has 0 amide bonds. The molecule has 1 fully saturated rings. The maximum absolute atomic E-state index is 13.0. The fourth-order valence-corrected chi connectivity index (χ4v) is 6.20. The van der Waals surface area contributed by atoms with Crippen LogP contribution in [0.25, 0.3) is 0 Å². The molecule has 37 heavy (non-hydrogen) atoms. The minimum Gasteiger partial charge on any atom is -0.489 e. The Kier molecular flexibility index (Phi) is 8.62. The molecule has 0 unspecified atom stereocenters. The maximum atomic E-state index is 13.0. The molecule has 0 bridgehead atoms. The first-order chi connectivity index (χ1) is 17.5. The first-order valence-electron chi connectivity index (χ1n) is 12.8.